The molecule has 2 heterocycles. The van der Waals surface area contributed by atoms with Gasteiger partial charge in [0, 0.05) is 23.7 Å². The largest absolute Gasteiger partial charge is 0.376 e. The third-order valence-electron chi connectivity index (χ3n) is 4.98. The molecule has 0 bridgehead atoms. The lowest BCUT2D eigenvalue weighted by Gasteiger charge is -2.20. The van der Waals surface area contributed by atoms with E-state index in [2.05, 4.69) is 10.3 Å². The number of ether oxygens (including phenoxy) is 1. The Labute approximate surface area is 188 Å². The number of hydrogen-bond acceptors (Lipinski definition) is 5. The van der Waals surface area contributed by atoms with Gasteiger partial charge in [0.05, 0.1) is 18.3 Å². The molecule has 0 spiro atoms. The zero-order valence-electron chi connectivity index (χ0n) is 16.6. The van der Waals surface area contributed by atoms with Crippen LogP contribution in [0.4, 0.5) is 15.8 Å². The van der Waals surface area contributed by atoms with Crippen LogP contribution in [0.5, 0.6) is 0 Å². The lowest BCUT2D eigenvalue weighted by Crippen LogP contribution is -2.38. The molecule has 2 atom stereocenters. The lowest BCUT2D eigenvalue weighted by molar-refractivity contribution is -0.129. The highest BCUT2D eigenvalue weighted by molar-refractivity contribution is 8.15. The number of amides is 2. The van der Waals surface area contributed by atoms with Gasteiger partial charge >= 0.3 is 0 Å². The number of rotatable bonds is 6. The van der Waals surface area contributed by atoms with Crippen LogP contribution in [0.15, 0.2) is 53.5 Å². The Bertz CT molecular complexity index is 979. The fourth-order valence-electron chi connectivity index (χ4n) is 3.42. The van der Waals surface area contributed by atoms with Crippen molar-refractivity contribution in [1.82, 2.24) is 4.90 Å². The molecule has 2 unspecified atom stereocenters. The molecule has 4 rings (SSSR count). The molecule has 0 saturated carbocycles. The summed E-state index contributed by atoms with van der Waals surface area (Å²) >= 11 is 7.22. The smallest absolute Gasteiger partial charge is 0.242 e. The molecule has 0 aliphatic carbocycles. The van der Waals surface area contributed by atoms with Crippen LogP contribution in [0, 0.1) is 5.82 Å². The number of nitrogens with zero attached hydrogens (tertiary/aromatic N) is 2. The van der Waals surface area contributed by atoms with Crippen LogP contribution in [-0.4, -0.2) is 46.4 Å². The van der Waals surface area contributed by atoms with E-state index < -0.39 is 5.25 Å². The third kappa shape index (κ3) is 5.64. The fraction of sp³-hybridized carbons (Fsp3) is 0.318. The Morgan fingerprint density at radius 1 is 1.23 bits per heavy atom. The van der Waals surface area contributed by atoms with Gasteiger partial charge in [0.1, 0.15) is 11.1 Å². The van der Waals surface area contributed by atoms with E-state index in [4.69, 9.17) is 16.3 Å². The molecule has 2 saturated heterocycles. The monoisotopic (exact) mass is 461 g/mol. The number of aliphatic imine (C=N–C) groups is 1. The maximum absolute atomic E-state index is 13.1. The van der Waals surface area contributed by atoms with E-state index in [1.54, 1.807) is 29.2 Å². The van der Waals surface area contributed by atoms with Crippen molar-refractivity contribution in [2.45, 2.75) is 30.6 Å². The van der Waals surface area contributed by atoms with Crippen LogP contribution in [-0.2, 0) is 14.3 Å². The summed E-state index contributed by atoms with van der Waals surface area (Å²) in [5, 5.41) is 3.26. The molecule has 31 heavy (non-hydrogen) atoms. The lowest BCUT2D eigenvalue weighted by atomic mass is 10.2. The Hall–Kier alpha value is -2.42. The number of benzene rings is 2. The Morgan fingerprint density at radius 3 is 2.65 bits per heavy atom. The van der Waals surface area contributed by atoms with Gasteiger partial charge in [0.2, 0.25) is 11.8 Å². The summed E-state index contributed by atoms with van der Waals surface area (Å²) in [6.07, 6.45) is 1.81. The molecule has 2 aliphatic heterocycles. The second-order valence-electron chi connectivity index (χ2n) is 7.32. The van der Waals surface area contributed by atoms with Gasteiger partial charge in [0.25, 0.3) is 0 Å². The number of amidine groups is 1. The van der Waals surface area contributed by atoms with E-state index in [0.29, 0.717) is 34.7 Å². The van der Waals surface area contributed by atoms with Crippen molar-refractivity contribution in [3.8, 4) is 0 Å². The molecule has 6 nitrogen and oxygen atoms in total. The molecule has 162 valence electrons. The SMILES string of the molecule is O=C(CC1SC(=Nc2ccc(Cl)cc2)N(CC2CCCO2)C1=O)Nc1ccc(F)cc1. The predicted molar refractivity (Wildman–Crippen MR) is 120 cm³/mol. The second-order valence-corrected chi connectivity index (χ2v) is 8.93. The maximum Gasteiger partial charge on any atom is 0.242 e. The van der Waals surface area contributed by atoms with Crippen molar-refractivity contribution in [1.29, 1.82) is 0 Å². The highest BCUT2D eigenvalue weighted by Crippen LogP contribution is 2.33. The van der Waals surface area contributed by atoms with Crippen LogP contribution in [0.2, 0.25) is 5.02 Å². The van der Waals surface area contributed by atoms with Crippen LogP contribution in [0.1, 0.15) is 19.3 Å². The van der Waals surface area contributed by atoms with E-state index in [1.807, 2.05) is 0 Å². The van der Waals surface area contributed by atoms with Crippen molar-refractivity contribution in [2.24, 2.45) is 4.99 Å². The van der Waals surface area contributed by atoms with Gasteiger partial charge in [-0.1, -0.05) is 23.4 Å². The number of nitrogens with one attached hydrogen (secondary N) is 1. The highest BCUT2D eigenvalue weighted by atomic mass is 35.5. The van der Waals surface area contributed by atoms with Gasteiger partial charge < -0.3 is 10.1 Å². The molecule has 9 heteroatoms. The minimum absolute atomic E-state index is 0.0114. The fourth-order valence-corrected chi connectivity index (χ4v) is 4.72. The van der Waals surface area contributed by atoms with Gasteiger partial charge in [-0.3, -0.25) is 14.5 Å². The van der Waals surface area contributed by atoms with E-state index in [9.17, 15) is 14.0 Å². The summed E-state index contributed by atoms with van der Waals surface area (Å²) in [5.74, 6) is -0.864. The van der Waals surface area contributed by atoms with Crippen molar-refractivity contribution in [3.05, 3.63) is 59.4 Å². The number of thioether (sulfide) groups is 1. The molecular formula is C22H21ClFN3O3S. The van der Waals surface area contributed by atoms with Gasteiger partial charge in [-0.2, -0.15) is 0 Å². The summed E-state index contributed by atoms with van der Waals surface area (Å²) in [7, 11) is 0. The average Bonchev–Trinajstić information content (AvgIpc) is 3.36. The highest BCUT2D eigenvalue weighted by Gasteiger charge is 2.40. The Kier molecular flexibility index (Phi) is 6.89. The molecule has 2 aromatic carbocycles. The predicted octanol–water partition coefficient (Wildman–Crippen LogP) is 4.62. The van der Waals surface area contributed by atoms with Crippen molar-refractivity contribution >= 4 is 51.7 Å². The van der Waals surface area contributed by atoms with Crippen molar-refractivity contribution < 1.29 is 18.7 Å². The topological polar surface area (TPSA) is 71.0 Å². The first kappa shape index (κ1) is 21.8. The Balaban J connectivity index is 1.48. The number of halogens is 2. The second kappa shape index (κ2) is 9.80. The van der Waals surface area contributed by atoms with E-state index in [-0.39, 0.29) is 30.2 Å². The van der Waals surface area contributed by atoms with Crippen LogP contribution < -0.4 is 5.32 Å². The maximum atomic E-state index is 13.1. The van der Waals surface area contributed by atoms with Crippen molar-refractivity contribution in [3.63, 3.8) is 0 Å². The minimum Gasteiger partial charge on any atom is -0.376 e. The summed E-state index contributed by atoms with van der Waals surface area (Å²) < 4.78 is 18.8. The van der Waals surface area contributed by atoms with Crippen LogP contribution >= 0.6 is 23.4 Å². The van der Waals surface area contributed by atoms with Gasteiger partial charge in [-0.25, -0.2) is 9.38 Å². The van der Waals surface area contributed by atoms with E-state index in [0.717, 1.165) is 12.8 Å². The van der Waals surface area contributed by atoms with Gasteiger partial charge in [-0.05, 0) is 61.4 Å². The molecule has 2 aromatic rings. The molecule has 1 N–H and O–H groups in total. The average molecular weight is 462 g/mol. The molecule has 0 aromatic heterocycles. The summed E-state index contributed by atoms with van der Waals surface area (Å²) in [6.45, 7) is 1.10. The minimum atomic E-state index is -0.590. The third-order valence-corrected chi connectivity index (χ3v) is 6.41. The number of hydrogen-bond donors (Lipinski definition) is 1. The normalized spacial score (nSPS) is 22.3. The zero-order chi connectivity index (χ0) is 21.8. The summed E-state index contributed by atoms with van der Waals surface area (Å²) in [6, 6.07) is 12.5. The molecule has 2 amide bonds. The first-order chi connectivity index (χ1) is 15.0. The quantitative estimate of drug-likeness (QED) is 0.681. The van der Waals surface area contributed by atoms with Crippen LogP contribution in [0.3, 0.4) is 0 Å². The first-order valence-electron chi connectivity index (χ1n) is 9.97. The molecular weight excluding hydrogens is 441 g/mol. The molecule has 2 fully saturated rings. The van der Waals surface area contributed by atoms with E-state index >= 15 is 0 Å². The standard InChI is InChI=1S/C22H21ClFN3O3S/c23-14-3-7-17(8-4-14)26-22-27(13-18-2-1-11-30-18)21(29)19(31-22)12-20(28)25-16-9-5-15(24)6-10-16/h3-10,18-19H,1-2,11-13H2,(H,25,28). The van der Waals surface area contributed by atoms with E-state index in [1.165, 1.54) is 36.0 Å². The summed E-state index contributed by atoms with van der Waals surface area (Å²) in [4.78, 5) is 31.8. The number of carbonyl (C=O) groups excluding carboxylic acids is 2. The van der Waals surface area contributed by atoms with Crippen LogP contribution in [0.25, 0.3) is 0 Å². The molecule has 0 radical (unpaired) electrons. The van der Waals surface area contributed by atoms with Gasteiger partial charge in [-0.15, -0.1) is 0 Å². The summed E-state index contributed by atoms with van der Waals surface area (Å²) in [5.41, 5.74) is 1.15. The van der Waals surface area contributed by atoms with Crippen molar-refractivity contribution in [2.75, 3.05) is 18.5 Å². The first-order valence-corrected chi connectivity index (χ1v) is 11.2. The number of carbonyl (C=O) groups is 2. The zero-order valence-corrected chi connectivity index (χ0v) is 18.2. The van der Waals surface area contributed by atoms with Gasteiger partial charge in [0.15, 0.2) is 5.17 Å². The Morgan fingerprint density at radius 2 is 1.97 bits per heavy atom. The number of anilines is 1. The molecule has 2 aliphatic rings.